The summed E-state index contributed by atoms with van der Waals surface area (Å²) in [6.07, 6.45) is 25.9. The van der Waals surface area contributed by atoms with Gasteiger partial charge in [0.15, 0.2) is 0 Å². The second-order valence-corrected chi connectivity index (χ2v) is 9.80. The zero-order chi connectivity index (χ0) is 29.7. The van der Waals surface area contributed by atoms with E-state index < -0.39 is 17.9 Å². The molecule has 2 radical (unpaired) electrons. The van der Waals surface area contributed by atoms with E-state index in [0.29, 0.717) is 19.3 Å². The molecule has 3 N–H and O–H groups in total. The van der Waals surface area contributed by atoms with Crippen LogP contribution in [-0.2, 0) is 14.4 Å². The van der Waals surface area contributed by atoms with Crippen LogP contribution in [0.5, 0.6) is 0 Å². The molecule has 0 atom stereocenters. The van der Waals surface area contributed by atoms with E-state index in [9.17, 15) is 14.4 Å². The molecule has 6 nitrogen and oxygen atoms in total. The molecule has 0 aliphatic heterocycles. The average molecular weight is 652 g/mol. The van der Waals surface area contributed by atoms with Gasteiger partial charge in [0.1, 0.15) is 0 Å². The Bertz CT molecular complexity index is 405. The Morgan fingerprint density at radius 2 is 0.526 bits per heavy atom. The van der Waals surface area contributed by atoms with Crippen LogP contribution >= 0.6 is 0 Å². The maximum atomic E-state index is 10.1. The normalized spacial score (nSPS) is 9.71. The summed E-state index contributed by atoms with van der Waals surface area (Å²) < 4.78 is 0. The van der Waals surface area contributed by atoms with Crippen LogP contribution in [0, 0.1) is 0 Å². The van der Waals surface area contributed by atoms with Crippen molar-refractivity contribution in [2.24, 2.45) is 0 Å². The van der Waals surface area contributed by atoms with E-state index in [2.05, 4.69) is 25.7 Å². The third kappa shape index (κ3) is 60.0. The first kappa shape index (κ1) is 44.2. The second-order valence-electron chi connectivity index (χ2n) is 9.80. The van der Waals surface area contributed by atoms with E-state index in [1.165, 1.54) is 119 Å². The SMILES string of the molecule is CCCCCCCCCC(=O)O.CCCCCCCCCC(=O)O.CCCCCCCCCC(=O)O.[CH3][SnH]. The summed E-state index contributed by atoms with van der Waals surface area (Å²) in [5.41, 5.74) is 0. The first-order chi connectivity index (χ1) is 18.3. The van der Waals surface area contributed by atoms with Gasteiger partial charge < -0.3 is 15.3 Å². The Morgan fingerprint density at radius 1 is 0.368 bits per heavy atom. The quantitative estimate of drug-likeness (QED) is 0.0708. The standard InChI is InChI=1S/3C10H20O2.CH3.Sn.H/c3*1-2-3-4-5-6-7-8-9-10(11)12;;;/h3*2-9H2,1H3,(H,11,12);1H3;;. The average Bonchev–Trinajstić information content (AvgIpc) is 2.88. The summed E-state index contributed by atoms with van der Waals surface area (Å²) in [5, 5.41) is 25.1. The van der Waals surface area contributed by atoms with Crippen molar-refractivity contribution >= 4 is 40.4 Å². The van der Waals surface area contributed by atoms with Crippen molar-refractivity contribution in [3.8, 4) is 0 Å². The van der Waals surface area contributed by atoms with Crippen LogP contribution < -0.4 is 0 Å². The number of rotatable bonds is 24. The topological polar surface area (TPSA) is 112 Å². The summed E-state index contributed by atoms with van der Waals surface area (Å²) in [4.78, 5) is 32.5. The van der Waals surface area contributed by atoms with Gasteiger partial charge in [-0.05, 0) is 19.3 Å². The number of unbranched alkanes of at least 4 members (excludes halogenated alkanes) is 18. The van der Waals surface area contributed by atoms with Gasteiger partial charge in [0.2, 0.25) is 0 Å². The molecule has 0 fully saturated rings. The van der Waals surface area contributed by atoms with E-state index in [-0.39, 0.29) is 0 Å². The molecule has 0 unspecified atom stereocenters. The molecule has 0 saturated carbocycles. The van der Waals surface area contributed by atoms with Crippen molar-refractivity contribution in [2.45, 2.75) is 180 Å². The summed E-state index contributed by atoms with van der Waals surface area (Å²) in [5.74, 6) is -1.99. The summed E-state index contributed by atoms with van der Waals surface area (Å²) in [7, 11) is 0. The van der Waals surface area contributed by atoms with Gasteiger partial charge in [-0.15, -0.1) is 0 Å². The summed E-state index contributed by atoms with van der Waals surface area (Å²) >= 11 is 1.35. The molecular formula is C31H64O6Sn. The van der Waals surface area contributed by atoms with Crippen LogP contribution in [0.3, 0.4) is 0 Å². The number of carboxylic acids is 3. The molecule has 228 valence electrons. The van der Waals surface area contributed by atoms with Gasteiger partial charge in [0.25, 0.3) is 0 Å². The van der Waals surface area contributed by atoms with Crippen LogP contribution in [0.25, 0.3) is 0 Å². The Labute approximate surface area is 249 Å². The Balaban J connectivity index is -0.000000220. The Hall–Kier alpha value is -0.791. The Kier molecular flexibility index (Phi) is 50.4. The molecule has 0 aromatic carbocycles. The van der Waals surface area contributed by atoms with Gasteiger partial charge in [-0.1, -0.05) is 136 Å². The number of hydrogen-bond acceptors (Lipinski definition) is 3. The molecule has 0 bridgehead atoms. The minimum atomic E-state index is -0.663. The molecule has 0 aromatic heterocycles. The van der Waals surface area contributed by atoms with E-state index in [4.69, 9.17) is 15.3 Å². The van der Waals surface area contributed by atoms with E-state index >= 15 is 0 Å². The molecule has 38 heavy (non-hydrogen) atoms. The van der Waals surface area contributed by atoms with E-state index in [0.717, 1.165) is 38.5 Å². The van der Waals surface area contributed by atoms with Crippen molar-refractivity contribution in [1.29, 1.82) is 0 Å². The zero-order valence-electron chi connectivity index (χ0n) is 25.6. The third-order valence-electron chi connectivity index (χ3n) is 5.98. The molecule has 0 aliphatic carbocycles. The predicted molar refractivity (Wildman–Crippen MR) is 164 cm³/mol. The Morgan fingerprint density at radius 3 is 0.684 bits per heavy atom. The maximum absolute atomic E-state index is 10.1. The summed E-state index contributed by atoms with van der Waals surface area (Å²) in [6, 6.07) is 0. The molecule has 0 saturated heterocycles. The first-order valence-electron chi connectivity index (χ1n) is 15.5. The molecule has 0 rings (SSSR count). The van der Waals surface area contributed by atoms with Gasteiger partial charge in [-0.3, -0.25) is 14.4 Å². The van der Waals surface area contributed by atoms with Crippen molar-refractivity contribution in [1.82, 2.24) is 0 Å². The van der Waals surface area contributed by atoms with Crippen LogP contribution in [-0.4, -0.2) is 55.8 Å². The van der Waals surface area contributed by atoms with Gasteiger partial charge in [-0.25, -0.2) is 0 Å². The van der Waals surface area contributed by atoms with Gasteiger partial charge in [0, 0.05) is 19.3 Å². The van der Waals surface area contributed by atoms with Gasteiger partial charge >= 0.3 is 45.4 Å². The van der Waals surface area contributed by atoms with Crippen LogP contribution in [0.15, 0.2) is 0 Å². The number of aliphatic carboxylic acids is 3. The molecule has 0 aliphatic rings. The fourth-order valence-electron chi connectivity index (χ4n) is 3.70. The van der Waals surface area contributed by atoms with E-state index in [1.54, 1.807) is 0 Å². The number of carboxylic acid groups (broad SMARTS) is 3. The van der Waals surface area contributed by atoms with Gasteiger partial charge in [-0.2, -0.15) is 0 Å². The third-order valence-corrected chi connectivity index (χ3v) is 5.98. The van der Waals surface area contributed by atoms with Crippen molar-refractivity contribution < 1.29 is 29.7 Å². The summed E-state index contributed by atoms with van der Waals surface area (Å²) in [6.45, 7) is 6.60. The first-order valence-corrected chi connectivity index (χ1v) is 18.8. The van der Waals surface area contributed by atoms with Crippen molar-refractivity contribution in [2.75, 3.05) is 0 Å². The fourth-order valence-corrected chi connectivity index (χ4v) is 3.70. The van der Waals surface area contributed by atoms with Crippen LogP contribution in [0.4, 0.5) is 0 Å². The van der Waals surface area contributed by atoms with Crippen molar-refractivity contribution in [3.63, 3.8) is 0 Å². The van der Waals surface area contributed by atoms with E-state index in [1.807, 2.05) is 0 Å². The number of carbonyl (C=O) groups is 3. The number of hydrogen-bond donors (Lipinski definition) is 3. The van der Waals surface area contributed by atoms with Crippen molar-refractivity contribution in [3.05, 3.63) is 0 Å². The molecule has 7 heteroatoms. The fraction of sp³-hybridized carbons (Fsp3) is 0.903. The molecule has 0 amide bonds. The van der Waals surface area contributed by atoms with Crippen LogP contribution in [0.1, 0.15) is 175 Å². The molecular weight excluding hydrogens is 587 g/mol. The molecule has 0 heterocycles. The van der Waals surface area contributed by atoms with Crippen LogP contribution in [0.2, 0.25) is 4.94 Å². The monoisotopic (exact) mass is 652 g/mol. The molecule has 0 spiro atoms. The zero-order valence-corrected chi connectivity index (χ0v) is 28.9. The minimum absolute atomic E-state index is 0.341. The predicted octanol–water partition coefficient (Wildman–Crippen LogP) is 9.57. The van der Waals surface area contributed by atoms with Gasteiger partial charge in [0.05, 0.1) is 0 Å². The second kappa shape index (κ2) is 43.3. The molecule has 0 aromatic rings.